The molecule has 0 aromatic heterocycles. The molecule has 0 radical (unpaired) electrons. The molecule has 1 aliphatic rings. The first kappa shape index (κ1) is 13.6. The number of hydrogen-bond donors (Lipinski definition) is 2. The van der Waals surface area contributed by atoms with E-state index in [9.17, 15) is 14.0 Å². The van der Waals surface area contributed by atoms with Crippen molar-refractivity contribution in [2.75, 3.05) is 10.6 Å². The van der Waals surface area contributed by atoms with Crippen molar-refractivity contribution >= 4 is 34.8 Å². The summed E-state index contributed by atoms with van der Waals surface area (Å²) in [6, 6.07) is 8.98. The predicted octanol–water partition coefficient (Wildman–Crippen LogP) is 3.23. The van der Waals surface area contributed by atoms with Gasteiger partial charge in [0.25, 0.3) is 5.91 Å². The van der Waals surface area contributed by atoms with E-state index in [1.54, 1.807) is 18.2 Å². The zero-order valence-corrected chi connectivity index (χ0v) is 11.5. The molecule has 1 aliphatic heterocycles. The lowest BCUT2D eigenvalue weighted by Crippen LogP contribution is -2.12. The molecule has 2 N–H and O–H groups in total. The van der Waals surface area contributed by atoms with Crippen molar-refractivity contribution < 1.29 is 14.0 Å². The first-order chi connectivity index (χ1) is 10.0. The molecule has 4 nitrogen and oxygen atoms in total. The average Bonchev–Trinajstić information content (AvgIpc) is 2.82. The highest BCUT2D eigenvalue weighted by Crippen LogP contribution is 2.25. The lowest BCUT2D eigenvalue weighted by Gasteiger charge is -2.07. The quantitative estimate of drug-likeness (QED) is 0.895. The normalized spacial score (nSPS) is 12.8. The Morgan fingerprint density at radius 3 is 2.81 bits per heavy atom. The number of rotatable bonds is 2. The van der Waals surface area contributed by atoms with E-state index in [0.29, 0.717) is 23.4 Å². The van der Waals surface area contributed by atoms with E-state index in [1.807, 2.05) is 0 Å². The van der Waals surface area contributed by atoms with Gasteiger partial charge in [-0.2, -0.15) is 0 Å². The zero-order valence-electron chi connectivity index (χ0n) is 10.7. The molecular formula is C15H10ClFN2O2. The molecule has 21 heavy (non-hydrogen) atoms. The lowest BCUT2D eigenvalue weighted by atomic mass is 10.1. The van der Waals surface area contributed by atoms with Crippen LogP contribution in [0.1, 0.15) is 15.9 Å². The summed E-state index contributed by atoms with van der Waals surface area (Å²) < 4.78 is 13.3. The lowest BCUT2D eigenvalue weighted by molar-refractivity contribution is -0.115. The number of anilines is 2. The summed E-state index contributed by atoms with van der Waals surface area (Å²) >= 11 is 5.58. The van der Waals surface area contributed by atoms with Crippen LogP contribution in [-0.4, -0.2) is 11.8 Å². The molecule has 6 heteroatoms. The molecule has 0 aliphatic carbocycles. The van der Waals surface area contributed by atoms with Crippen LogP contribution in [0.25, 0.3) is 0 Å². The third-order valence-corrected chi connectivity index (χ3v) is 3.48. The van der Waals surface area contributed by atoms with Crippen LogP contribution in [0.3, 0.4) is 0 Å². The van der Waals surface area contributed by atoms with Crippen LogP contribution in [0.5, 0.6) is 0 Å². The molecular weight excluding hydrogens is 295 g/mol. The van der Waals surface area contributed by atoms with E-state index in [4.69, 9.17) is 11.6 Å². The maximum atomic E-state index is 13.3. The molecule has 1 heterocycles. The Morgan fingerprint density at radius 2 is 2.05 bits per heavy atom. The summed E-state index contributed by atoms with van der Waals surface area (Å²) in [4.78, 5) is 23.4. The first-order valence-corrected chi connectivity index (χ1v) is 6.60. The Hall–Kier alpha value is -2.40. The highest BCUT2D eigenvalue weighted by Gasteiger charge is 2.19. The number of benzene rings is 2. The van der Waals surface area contributed by atoms with Gasteiger partial charge >= 0.3 is 0 Å². The van der Waals surface area contributed by atoms with Crippen molar-refractivity contribution in [2.24, 2.45) is 0 Å². The van der Waals surface area contributed by atoms with Crippen LogP contribution in [-0.2, 0) is 11.2 Å². The second-order valence-corrected chi connectivity index (χ2v) is 5.09. The topological polar surface area (TPSA) is 58.2 Å². The Labute approximate surface area is 124 Å². The van der Waals surface area contributed by atoms with Gasteiger partial charge in [0.15, 0.2) is 0 Å². The van der Waals surface area contributed by atoms with Gasteiger partial charge < -0.3 is 10.6 Å². The predicted molar refractivity (Wildman–Crippen MR) is 78.1 cm³/mol. The van der Waals surface area contributed by atoms with Crippen LogP contribution >= 0.6 is 11.6 Å². The van der Waals surface area contributed by atoms with E-state index in [0.717, 1.165) is 11.6 Å². The zero-order chi connectivity index (χ0) is 15.0. The van der Waals surface area contributed by atoms with Crippen molar-refractivity contribution in [3.8, 4) is 0 Å². The van der Waals surface area contributed by atoms with Gasteiger partial charge in [-0.25, -0.2) is 4.39 Å². The molecule has 0 saturated carbocycles. The minimum atomic E-state index is -0.601. The summed E-state index contributed by atoms with van der Waals surface area (Å²) in [5.41, 5.74) is 2.18. The molecule has 0 unspecified atom stereocenters. The average molecular weight is 305 g/mol. The first-order valence-electron chi connectivity index (χ1n) is 6.22. The van der Waals surface area contributed by atoms with Crippen molar-refractivity contribution in [3.05, 3.63) is 58.4 Å². The number of hydrogen-bond acceptors (Lipinski definition) is 2. The molecule has 0 saturated heterocycles. The van der Waals surface area contributed by atoms with Gasteiger partial charge in [-0.3, -0.25) is 9.59 Å². The maximum Gasteiger partial charge on any atom is 0.255 e. The molecule has 2 aromatic rings. The molecule has 2 aromatic carbocycles. The summed E-state index contributed by atoms with van der Waals surface area (Å²) in [5, 5.41) is 5.25. The van der Waals surface area contributed by atoms with E-state index < -0.39 is 5.82 Å². The second-order valence-electron chi connectivity index (χ2n) is 4.68. The number of nitrogens with one attached hydrogen (secondary N) is 2. The van der Waals surface area contributed by atoms with Crippen molar-refractivity contribution in [2.45, 2.75) is 6.42 Å². The Bertz CT molecular complexity index is 761. The van der Waals surface area contributed by atoms with Crippen LogP contribution < -0.4 is 10.6 Å². The van der Waals surface area contributed by atoms with Crippen LogP contribution in [0, 0.1) is 5.82 Å². The monoisotopic (exact) mass is 304 g/mol. The van der Waals surface area contributed by atoms with Gasteiger partial charge in [0.05, 0.1) is 11.4 Å². The maximum absolute atomic E-state index is 13.3. The summed E-state index contributed by atoms with van der Waals surface area (Å²) in [7, 11) is 0. The van der Waals surface area contributed by atoms with Crippen LogP contribution in [0.15, 0.2) is 36.4 Å². The molecule has 0 bridgehead atoms. The second kappa shape index (κ2) is 5.18. The Morgan fingerprint density at radius 1 is 1.24 bits per heavy atom. The third kappa shape index (κ3) is 2.73. The number of fused-ring (bicyclic) bond motifs is 1. The standard InChI is InChI=1S/C15H10ClFN2O2/c16-11-4-3-10(7-12(11)17)18-15(21)9-2-1-8-6-14(20)19-13(8)5-9/h1-5,7H,6H2,(H,18,21)(H,19,20). The molecule has 3 rings (SSSR count). The fourth-order valence-electron chi connectivity index (χ4n) is 2.13. The van der Waals surface area contributed by atoms with E-state index in [1.165, 1.54) is 12.1 Å². The molecule has 0 fully saturated rings. The Balaban J connectivity index is 1.81. The summed E-state index contributed by atoms with van der Waals surface area (Å²) in [6.45, 7) is 0. The van der Waals surface area contributed by atoms with Gasteiger partial charge in [0.1, 0.15) is 5.82 Å². The highest BCUT2D eigenvalue weighted by molar-refractivity contribution is 6.30. The molecule has 0 atom stereocenters. The van der Waals surface area contributed by atoms with Gasteiger partial charge in [-0.05, 0) is 35.9 Å². The number of carbonyl (C=O) groups is 2. The fraction of sp³-hybridized carbons (Fsp3) is 0.0667. The number of carbonyl (C=O) groups excluding carboxylic acids is 2. The minimum Gasteiger partial charge on any atom is -0.326 e. The highest BCUT2D eigenvalue weighted by atomic mass is 35.5. The van der Waals surface area contributed by atoms with Crippen LogP contribution in [0.4, 0.5) is 15.8 Å². The Kier molecular flexibility index (Phi) is 3.35. The van der Waals surface area contributed by atoms with Crippen molar-refractivity contribution in [1.29, 1.82) is 0 Å². The molecule has 2 amide bonds. The van der Waals surface area contributed by atoms with E-state index >= 15 is 0 Å². The molecule has 106 valence electrons. The molecule has 0 spiro atoms. The largest absolute Gasteiger partial charge is 0.326 e. The summed E-state index contributed by atoms with van der Waals surface area (Å²) in [6.07, 6.45) is 0.319. The summed E-state index contributed by atoms with van der Waals surface area (Å²) in [5.74, 6) is -1.08. The van der Waals surface area contributed by atoms with Gasteiger partial charge in [0, 0.05) is 16.9 Å². The van der Waals surface area contributed by atoms with Gasteiger partial charge in [0.2, 0.25) is 5.91 Å². The van der Waals surface area contributed by atoms with Gasteiger partial charge in [-0.15, -0.1) is 0 Å². The SMILES string of the molecule is O=C1Cc2ccc(C(=O)Nc3ccc(Cl)c(F)c3)cc2N1. The van der Waals surface area contributed by atoms with Crippen molar-refractivity contribution in [1.82, 2.24) is 0 Å². The van der Waals surface area contributed by atoms with E-state index in [-0.39, 0.29) is 16.8 Å². The number of halogens is 2. The third-order valence-electron chi connectivity index (χ3n) is 3.17. The smallest absolute Gasteiger partial charge is 0.255 e. The number of amides is 2. The van der Waals surface area contributed by atoms with Crippen molar-refractivity contribution in [3.63, 3.8) is 0 Å². The van der Waals surface area contributed by atoms with Crippen LogP contribution in [0.2, 0.25) is 5.02 Å². The minimum absolute atomic E-state index is 0.00626. The van der Waals surface area contributed by atoms with E-state index in [2.05, 4.69) is 10.6 Å². The van der Waals surface area contributed by atoms with Gasteiger partial charge in [-0.1, -0.05) is 17.7 Å². The fourth-order valence-corrected chi connectivity index (χ4v) is 2.25.